The van der Waals surface area contributed by atoms with E-state index in [2.05, 4.69) is 5.32 Å². The first-order valence-corrected chi connectivity index (χ1v) is 7.53. The summed E-state index contributed by atoms with van der Waals surface area (Å²) in [6.07, 6.45) is 0.573. The molecule has 0 aliphatic heterocycles. The predicted molar refractivity (Wildman–Crippen MR) is 88.9 cm³/mol. The SMILES string of the molecule is COc1cc(OC)cc(C(=O)N[C@H](CC(C)C)C(=O)N(C)C)c1. The Morgan fingerprint density at radius 1 is 1.09 bits per heavy atom. The summed E-state index contributed by atoms with van der Waals surface area (Å²) >= 11 is 0. The molecule has 0 radical (unpaired) electrons. The highest BCUT2D eigenvalue weighted by atomic mass is 16.5. The first-order chi connectivity index (χ1) is 10.8. The third-order valence-electron chi connectivity index (χ3n) is 3.36. The van der Waals surface area contributed by atoms with Gasteiger partial charge in [-0.15, -0.1) is 0 Å². The van der Waals surface area contributed by atoms with Crippen molar-refractivity contribution in [3.63, 3.8) is 0 Å². The first kappa shape index (κ1) is 18.8. The van der Waals surface area contributed by atoms with Gasteiger partial charge in [-0.25, -0.2) is 0 Å². The second-order valence-electron chi connectivity index (χ2n) is 5.99. The van der Waals surface area contributed by atoms with Crippen LogP contribution in [0.3, 0.4) is 0 Å². The minimum Gasteiger partial charge on any atom is -0.497 e. The van der Waals surface area contributed by atoms with Crippen LogP contribution in [0.25, 0.3) is 0 Å². The van der Waals surface area contributed by atoms with Gasteiger partial charge in [-0.1, -0.05) is 13.8 Å². The van der Waals surface area contributed by atoms with Gasteiger partial charge in [0.25, 0.3) is 5.91 Å². The molecule has 128 valence electrons. The van der Waals surface area contributed by atoms with Crippen molar-refractivity contribution in [1.82, 2.24) is 10.2 Å². The molecule has 0 saturated heterocycles. The molecule has 1 aromatic carbocycles. The Morgan fingerprint density at radius 3 is 2.00 bits per heavy atom. The number of amides is 2. The molecule has 0 fully saturated rings. The predicted octanol–water partition coefficient (Wildman–Crippen LogP) is 1.94. The Hall–Kier alpha value is -2.24. The van der Waals surface area contributed by atoms with Gasteiger partial charge in [-0.2, -0.15) is 0 Å². The van der Waals surface area contributed by atoms with Crippen LogP contribution in [0.15, 0.2) is 18.2 Å². The molecule has 0 saturated carbocycles. The van der Waals surface area contributed by atoms with E-state index in [1.165, 1.54) is 19.1 Å². The van der Waals surface area contributed by atoms with E-state index in [1.54, 1.807) is 32.3 Å². The summed E-state index contributed by atoms with van der Waals surface area (Å²) in [5.41, 5.74) is 0.390. The molecule has 2 amide bonds. The molecular weight excluding hydrogens is 296 g/mol. The van der Waals surface area contributed by atoms with Crippen LogP contribution in [0, 0.1) is 5.92 Å². The lowest BCUT2D eigenvalue weighted by molar-refractivity contribution is -0.131. The summed E-state index contributed by atoms with van der Waals surface area (Å²) < 4.78 is 10.3. The van der Waals surface area contributed by atoms with Gasteiger partial charge in [-0.05, 0) is 24.5 Å². The van der Waals surface area contributed by atoms with Gasteiger partial charge in [0.1, 0.15) is 17.5 Å². The third-order valence-corrected chi connectivity index (χ3v) is 3.36. The number of carbonyl (C=O) groups is 2. The number of benzene rings is 1. The summed E-state index contributed by atoms with van der Waals surface area (Å²) in [6.45, 7) is 4.02. The van der Waals surface area contributed by atoms with E-state index in [9.17, 15) is 9.59 Å². The molecule has 1 atom stereocenters. The number of nitrogens with one attached hydrogen (secondary N) is 1. The lowest BCUT2D eigenvalue weighted by Crippen LogP contribution is -2.46. The van der Waals surface area contributed by atoms with Crippen molar-refractivity contribution >= 4 is 11.8 Å². The van der Waals surface area contributed by atoms with Crippen molar-refractivity contribution < 1.29 is 19.1 Å². The molecule has 1 aromatic rings. The molecule has 0 bridgehead atoms. The maximum Gasteiger partial charge on any atom is 0.252 e. The van der Waals surface area contributed by atoms with Crippen molar-refractivity contribution in [2.45, 2.75) is 26.3 Å². The average molecular weight is 322 g/mol. The van der Waals surface area contributed by atoms with Gasteiger partial charge >= 0.3 is 0 Å². The monoisotopic (exact) mass is 322 g/mol. The Kier molecular flexibility index (Phi) is 6.88. The molecule has 0 aromatic heterocycles. The number of likely N-dealkylation sites (N-methyl/N-ethyl adjacent to an activating group) is 1. The summed E-state index contributed by atoms with van der Waals surface area (Å²) in [4.78, 5) is 26.2. The fourth-order valence-corrected chi connectivity index (χ4v) is 2.18. The second kappa shape index (κ2) is 8.41. The average Bonchev–Trinajstić information content (AvgIpc) is 2.52. The van der Waals surface area contributed by atoms with Gasteiger partial charge in [-0.3, -0.25) is 9.59 Å². The molecule has 0 spiro atoms. The van der Waals surface area contributed by atoms with Gasteiger partial charge < -0.3 is 19.7 Å². The van der Waals surface area contributed by atoms with Crippen LogP contribution in [0.5, 0.6) is 11.5 Å². The first-order valence-electron chi connectivity index (χ1n) is 7.53. The van der Waals surface area contributed by atoms with Crippen LogP contribution >= 0.6 is 0 Å². The van der Waals surface area contributed by atoms with Crippen molar-refractivity contribution in [1.29, 1.82) is 0 Å². The molecule has 6 heteroatoms. The molecule has 0 heterocycles. The summed E-state index contributed by atoms with van der Waals surface area (Å²) in [5.74, 6) is 0.872. The number of methoxy groups -OCH3 is 2. The molecule has 0 aliphatic rings. The number of hydrogen-bond donors (Lipinski definition) is 1. The molecular formula is C17H26N2O4. The molecule has 23 heavy (non-hydrogen) atoms. The minimum atomic E-state index is -0.560. The van der Waals surface area contributed by atoms with E-state index in [-0.39, 0.29) is 17.7 Å². The second-order valence-corrected chi connectivity index (χ2v) is 5.99. The number of nitrogens with zero attached hydrogens (tertiary/aromatic N) is 1. The molecule has 1 N–H and O–H groups in total. The Balaban J connectivity index is 3.00. The van der Waals surface area contributed by atoms with Gasteiger partial charge in [0, 0.05) is 25.7 Å². The highest BCUT2D eigenvalue weighted by Crippen LogP contribution is 2.22. The zero-order valence-electron chi connectivity index (χ0n) is 14.7. The number of rotatable bonds is 7. The van der Waals surface area contributed by atoms with Gasteiger partial charge in [0.05, 0.1) is 14.2 Å². The Labute approximate surface area is 137 Å². The van der Waals surface area contributed by atoms with Crippen LogP contribution < -0.4 is 14.8 Å². The van der Waals surface area contributed by atoms with Crippen LogP contribution in [0.4, 0.5) is 0 Å². The summed E-state index contributed by atoms with van der Waals surface area (Å²) in [7, 11) is 6.40. The van der Waals surface area contributed by atoms with Crippen LogP contribution in [0.2, 0.25) is 0 Å². The number of carbonyl (C=O) groups excluding carboxylic acids is 2. The zero-order chi connectivity index (χ0) is 17.6. The molecule has 1 rings (SSSR count). The highest BCUT2D eigenvalue weighted by Gasteiger charge is 2.24. The van der Waals surface area contributed by atoms with E-state index >= 15 is 0 Å². The summed E-state index contributed by atoms with van der Waals surface area (Å²) in [6, 6.07) is 4.36. The number of ether oxygens (including phenoxy) is 2. The van der Waals surface area contributed by atoms with Gasteiger partial charge in [0.15, 0.2) is 0 Å². The maximum atomic E-state index is 12.5. The van der Waals surface area contributed by atoms with E-state index in [0.717, 1.165) is 0 Å². The van der Waals surface area contributed by atoms with Gasteiger partial charge in [0.2, 0.25) is 5.91 Å². The maximum absolute atomic E-state index is 12.5. The molecule has 6 nitrogen and oxygen atoms in total. The van der Waals surface area contributed by atoms with E-state index in [4.69, 9.17) is 9.47 Å². The number of hydrogen-bond acceptors (Lipinski definition) is 4. The van der Waals surface area contributed by atoms with Crippen molar-refractivity contribution in [2.75, 3.05) is 28.3 Å². The molecule has 0 unspecified atom stereocenters. The third kappa shape index (κ3) is 5.47. The van der Waals surface area contributed by atoms with E-state index < -0.39 is 6.04 Å². The fraction of sp³-hybridized carbons (Fsp3) is 0.529. The van der Waals surface area contributed by atoms with Crippen LogP contribution in [-0.2, 0) is 4.79 Å². The molecule has 0 aliphatic carbocycles. The largest absolute Gasteiger partial charge is 0.497 e. The fourth-order valence-electron chi connectivity index (χ4n) is 2.18. The van der Waals surface area contributed by atoms with Crippen molar-refractivity contribution in [2.24, 2.45) is 5.92 Å². The smallest absolute Gasteiger partial charge is 0.252 e. The van der Waals surface area contributed by atoms with Crippen LogP contribution in [0.1, 0.15) is 30.6 Å². The standard InChI is InChI=1S/C17H26N2O4/c1-11(2)7-15(17(21)19(3)4)18-16(20)12-8-13(22-5)10-14(9-12)23-6/h8-11,15H,7H2,1-6H3,(H,18,20)/t15-/m1/s1. The van der Waals surface area contributed by atoms with Crippen molar-refractivity contribution in [3.05, 3.63) is 23.8 Å². The van der Waals surface area contributed by atoms with E-state index in [0.29, 0.717) is 23.5 Å². The Morgan fingerprint density at radius 2 is 1.61 bits per heavy atom. The minimum absolute atomic E-state index is 0.123. The van der Waals surface area contributed by atoms with Crippen LogP contribution in [-0.4, -0.2) is 51.1 Å². The lowest BCUT2D eigenvalue weighted by atomic mass is 10.0. The van der Waals surface area contributed by atoms with Crippen molar-refractivity contribution in [3.8, 4) is 11.5 Å². The summed E-state index contributed by atoms with van der Waals surface area (Å²) in [5, 5.41) is 2.81. The Bertz CT molecular complexity index is 533. The normalized spacial score (nSPS) is 11.8. The zero-order valence-corrected chi connectivity index (χ0v) is 14.7. The highest BCUT2D eigenvalue weighted by molar-refractivity contribution is 5.98. The lowest BCUT2D eigenvalue weighted by Gasteiger charge is -2.23. The quantitative estimate of drug-likeness (QED) is 0.833. The topological polar surface area (TPSA) is 67.9 Å². The van der Waals surface area contributed by atoms with E-state index in [1.807, 2.05) is 13.8 Å².